The van der Waals surface area contributed by atoms with Gasteiger partial charge in [0.15, 0.2) is 6.54 Å². The van der Waals surface area contributed by atoms with Crippen LogP contribution in [-0.4, -0.2) is 25.5 Å². The van der Waals surface area contributed by atoms with E-state index >= 15 is 0 Å². The Labute approximate surface area is 123 Å². The average molecular weight is 302 g/mol. The highest BCUT2D eigenvalue weighted by Crippen LogP contribution is 2.29. The van der Waals surface area contributed by atoms with Gasteiger partial charge in [0.05, 0.1) is 28.8 Å². The molecule has 1 fully saturated rings. The third kappa shape index (κ3) is 4.10. The molecule has 1 saturated heterocycles. The van der Waals surface area contributed by atoms with Crippen molar-refractivity contribution >= 4 is 34.8 Å². The van der Waals surface area contributed by atoms with Crippen LogP contribution in [-0.2, 0) is 4.79 Å². The Hall–Kier alpha value is -0.770. The molecule has 2 rings (SSSR count). The molecule has 0 saturated carbocycles. The van der Waals surface area contributed by atoms with E-state index in [1.54, 1.807) is 18.2 Å². The molecular formula is C14H19Cl2N2O+. The van der Waals surface area contributed by atoms with Gasteiger partial charge in [0, 0.05) is 0 Å². The van der Waals surface area contributed by atoms with Gasteiger partial charge in [-0.3, -0.25) is 4.79 Å². The summed E-state index contributed by atoms with van der Waals surface area (Å²) >= 11 is 12.1. The van der Waals surface area contributed by atoms with Crippen molar-refractivity contribution in [1.29, 1.82) is 0 Å². The lowest BCUT2D eigenvalue weighted by molar-refractivity contribution is -0.897. The molecule has 0 spiro atoms. The Morgan fingerprint density at radius 3 is 2.47 bits per heavy atom. The number of nitrogens with one attached hydrogen (secondary N) is 2. The molecule has 0 radical (unpaired) electrons. The van der Waals surface area contributed by atoms with E-state index in [9.17, 15) is 4.79 Å². The standard InChI is InChI=1S/C14H18Cl2N2O/c1-10-5-7-18(8-6-10)9-13(19)17-14-11(15)3-2-4-12(14)16/h2-4,10H,5-9H2,1H3,(H,17,19)/p+1. The van der Waals surface area contributed by atoms with E-state index in [-0.39, 0.29) is 5.91 Å². The van der Waals surface area contributed by atoms with Crippen LogP contribution in [0.2, 0.25) is 10.0 Å². The van der Waals surface area contributed by atoms with E-state index in [0.29, 0.717) is 22.3 Å². The summed E-state index contributed by atoms with van der Waals surface area (Å²) in [5, 5.41) is 3.76. The Bertz CT molecular complexity index is 437. The van der Waals surface area contributed by atoms with Gasteiger partial charge in [-0.05, 0) is 30.9 Å². The summed E-state index contributed by atoms with van der Waals surface area (Å²) in [6.45, 7) is 4.87. The maximum Gasteiger partial charge on any atom is 0.279 e. The van der Waals surface area contributed by atoms with Gasteiger partial charge in [0.1, 0.15) is 0 Å². The van der Waals surface area contributed by atoms with Crippen LogP contribution in [0.3, 0.4) is 0 Å². The summed E-state index contributed by atoms with van der Waals surface area (Å²) in [5.41, 5.74) is 0.514. The maximum atomic E-state index is 12.0. The molecule has 0 bridgehead atoms. The van der Waals surface area contributed by atoms with Crippen LogP contribution in [0.1, 0.15) is 19.8 Å². The number of amides is 1. The van der Waals surface area contributed by atoms with Gasteiger partial charge in [-0.15, -0.1) is 0 Å². The number of hydrogen-bond acceptors (Lipinski definition) is 1. The molecule has 19 heavy (non-hydrogen) atoms. The Kier molecular flexibility index (Phi) is 5.08. The van der Waals surface area contributed by atoms with Gasteiger partial charge >= 0.3 is 0 Å². The van der Waals surface area contributed by atoms with Crippen LogP contribution in [0, 0.1) is 5.92 Å². The molecule has 0 atom stereocenters. The molecule has 1 aromatic carbocycles. The van der Waals surface area contributed by atoms with E-state index in [1.807, 2.05) is 0 Å². The summed E-state index contributed by atoms with van der Waals surface area (Å²) in [5.74, 6) is 0.754. The number of benzene rings is 1. The second-order valence-corrected chi connectivity index (χ2v) is 6.07. The van der Waals surface area contributed by atoms with Crippen LogP contribution < -0.4 is 10.2 Å². The van der Waals surface area contributed by atoms with Crippen molar-refractivity contribution < 1.29 is 9.69 Å². The number of halogens is 2. The van der Waals surface area contributed by atoms with E-state index in [1.165, 1.54) is 17.7 Å². The number of likely N-dealkylation sites (tertiary alicyclic amines) is 1. The first-order valence-corrected chi connectivity index (χ1v) is 7.39. The first kappa shape index (κ1) is 14.6. The van der Waals surface area contributed by atoms with Crippen LogP contribution in [0.5, 0.6) is 0 Å². The second kappa shape index (κ2) is 6.60. The zero-order chi connectivity index (χ0) is 13.8. The van der Waals surface area contributed by atoms with E-state index in [4.69, 9.17) is 23.2 Å². The van der Waals surface area contributed by atoms with Gasteiger partial charge in [-0.25, -0.2) is 0 Å². The molecule has 1 aliphatic rings. The topological polar surface area (TPSA) is 33.5 Å². The number of rotatable bonds is 3. The van der Waals surface area contributed by atoms with Crippen LogP contribution >= 0.6 is 23.2 Å². The van der Waals surface area contributed by atoms with Crippen molar-refractivity contribution in [3.63, 3.8) is 0 Å². The Morgan fingerprint density at radius 2 is 1.89 bits per heavy atom. The summed E-state index contributed by atoms with van der Waals surface area (Å²) < 4.78 is 0. The predicted molar refractivity (Wildman–Crippen MR) is 79.1 cm³/mol. The van der Waals surface area contributed by atoms with Crippen molar-refractivity contribution in [3.8, 4) is 0 Å². The molecule has 3 nitrogen and oxygen atoms in total. The van der Waals surface area contributed by atoms with Crippen molar-refractivity contribution in [1.82, 2.24) is 0 Å². The minimum Gasteiger partial charge on any atom is -0.327 e. The smallest absolute Gasteiger partial charge is 0.279 e. The molecule has 0 unspecified atom stereocenters. The third-order valence-corrected chi connectivity index (χ3v) is 4.25. The molecule has 1 heterocycles. The number of para-hydroxylation sites is 1. The van der Waals surface area contributed by atoms with Crippen molar-refractivity contribution in [2.45, 2.75) is 19.8 Å². The molecule has 0 aliphatic carbocycles. The van der Waals surface area contributed by atoms with Crippen molar-refractivity contribution in [2.24, 2.45) is 5.92 Å². The summed E-state index contributed by atoms with van der Waals surface area (Å²) in [7, 11) is 0. The van der Waals surface area contributed by atoms with Gasteiger partial charge in [0.2, 0.25) is 0 Å². The van der Waals surface area contributed by atoms with Crippen molar-refractivity contribution in [2.75, 3.05) is 25.0 Å². The van der Waals surface area contributed by atoms with E-state index < -0.39 is 0 Å². The number of anilines is 1. The monoisotopic (exact) mass is 301 g/mol. The highest BCUT2D eigenvalue weighted by atomic mass is 35.5. The number of carbonyl (C=O) groups excluding carboxylic acids is 1. The van der Waals surface area contributed by atoms with Gasteiger partial charge in [-0.2, -0.15) is 0 Å². The summed E-state index contributed by atoms with van der Waals surface area (Å²) in [6.07, 6.45) is 2.38. The molecular weight excluding hydrogens is 283 g/mol. The number of carbonyl (C=O) groups is 1. The quantitative estimate of drug-likeness (QED) is 0.882. The molecule has 1 aromatic rings. The number of piperidine rings is 1. The summed E-state index contributed by atoms with van der Waals surface area (Å²) in [6, 6.07) is 5.20. The first-order chi connectivity index (χ1) is 9.06. The fraction of sp³-hybridized carbons (Fsp3) is 0.500. The fourth-order valence-electron chi connectivity index (χ4n) is 2.38. The van der Waals surface area contributed by atoms with E-state index in [2.05, 4.69) is 12.2 Å². The Balaban J connectivity index is 1.91. The third-order valence-electron chi connectivity index (χ3n) is 3.62. The normalized spacial score (nSPS) is 23.1. The zero-order valence-corrected chi connectivity index (χ0v) is 12.5. The average Bonchev–Trinajstić information content (AvgIpc) is 2.37. The SMILES string of the molecule is CC1CC[NH+](CC(=O)Nc2c(Cl)cccc2Cl)CC1. The molecule has 104 valence electrons. The van der Waals surface area contributed by atoms with Gasteiger partial charge in [0.25, 0.3) is 5.91 Å². The second-order valence-electron chi connectivity index (χ2n) is 5.25. The van der Waals surface area contributed by atoms with Gasteiger partial charge in [-0.1, -0.05) is 36.2 Å². The zero-order valence-electron chi connectivity index (χ0n) is 11.0. The molecule has 1 aliphatic heterocycles. The Morgan fingerprint density at radius 1 is 1.32 bits per heavy atom. The lowest BCUT2D eigenvalue weighted by Gasteiger charge is -2.26. The van der Waals surface area contributed by atoms with Crippen LogP contribution in [0.25, 0.3) is 0 Å². The lowest BCUT2D eigenvalue weighted by Crippen LogP contribution is -3.14. The predicted octanol–water partition coefficient (Wildman–Crippen LogP) is 2.25. The summed E-state index contributed by atoms with van der Waals surface area (Å²) in [4.78, 5) is 13.3. The number of hydrogen-bond donors (Lipinski definition) is 2. The minimum absolute atomic E-state index is 0.0282. The minimum atomic E-state index is -0.0282. The highest BCUT2D eigenvalue weighted by molar-refractivity contribution is 6.39. The largest absolute Gasteiger partial charge is 0.327 e. The molecule has 2 N–H and O–H groups in total. The van der Waals surface area contributed by atoms with Crippen LogP contribution in [0.15, 0.2) is 18.2 Å². The first-order valence-electron chi connectivity index (χ1n) is 6.63. The lowest BCUT2D eigenvalue weighted by atomic mass is 9.99. The highest BCUT2D eigenvalue weighted by Gasteiger charge is 2.21. The molecule has 5 heteroatoms. The maximum absolute atomic E-state index is 12.0. The molecule has 1 amide bonds. The fourth-order valence-corrected chi connectivity index (χ4v) is 2.87. The molecule has 0 aromatic heterocycles. The van der Waals surface area contributed by atoms with Crippen molar-refractivity contribution in [3.05, 3.63) is 28.2 Å². The van der Waals surface area contributed by atoms with Gasteiger partial charge < -0.3 is 10.2 Å². The number of quaternary nitrogens is 1. The van der Waals surface area contributed by atoms with E-state index in [0.717, 1.165) is 19.0 Å². The van der Waals surface area contributed by atoms with Crippen LogP contribution in [0.4, 0.5) is 5.69 Å².